The Morgan fingerprint density at radius 3 is 2.73 bits per heavy atom. The molecule has 0 unspecified atom stereocenters. The SMILES string of the molecule is O=C(NCCc1nc(-c2ccc(Cl)cc2)no1)c1cc2ccccc2o1. The molecule has 0 atom stereocenters. The highest BCUT2D eigenvalue weighted by molar-refractivity contribution is 6.30. The molecule has 2 aromatic heterocycles. The number of rotatable bonds is 5. The molecule has 4 rings (SSSR count). The minimum atomic E-state index is -0.279. The molecule has 7 heteroatoms. The second-order valence-corrected chi connectivity index (χ2v) is 6.11. The van der Waals surface area contributed by atoms with Crippen molar-refractivity contribution in [3.8, 4) is 11.4 Å². The van der Waals surface area contributed by atoms with Gasteiger partial charge in [-0.25, -0.2) is 0 Å². The average molecular weight is 368 g/mol. The van der Waals surface area contributed by atoms with Gasteiger partial charge in [-0.05, 0) is 36.4 Å². The number of amides is 1. The Balaban J connectivity index is 1.36. The van der Waals surface area contributed by atoms with Gasteiger partial charge in [-0.2, -0.15) is 4.98 Å². The lowest BCUT2D eigenvalue weighted by atomic mass is 10.2. The van der Waals surface area contributed by atoms with Crippen LogP contribution in [0, 0.1) is 0 Å². The summed E-state index contributed by atoms with van der Waals surface area (Å²) in [6, 6.07) is 16.4. The van der Waals surface area contributed by atoms with E-state index < -0.39 is 0 Å². The minimum absolute atomic E-state index is 0.276. The maximum absolute atomic E-state index is 12.2. The van der Waals surface area contributed by atoms with Gasteiger partial charge < -0.3 is 14.3 Å². The Labute approximate surface area is 153 Å². The molecule has 2 aromatic carbocycles. The number of hydrogen-bond donors (Lipinski definition) is 1. The normalized spacial score (nSPS) is 11.0. The molecule has 2 heterocycles. The van der Waals surface area contributed by atoms with E-state index in [1.807, 2.05) is 36.4 Å². The Bertz CT molecular complexity index is 1020. The van der Waals surface area contributed by atoms with Gasteiger partial charge in [0.2, 0.25) is 11.7 Å². The number of benzene rings is 2. The van der Waals surface area contributed by atoms with Crippen LogP contribution in [0.3, 0.4) is 0 Å². The lowest BCUT2D eigenvalue weighted by Crippen LogP contribution is -2.25. The molecule has 0 aliphatic rings. The maximum atomic E-state index is 12.2. The number of aromatic nitrogens is 2. The van der Waals surface area contributed by atoms with Crippen LogP contribution in [0.4, 0.5) is 0 Å². The zero-order valence-corrected chi connectivity index (χ0v) is 14.4. The molecule has 130 valence electrons. The number of furan rings is 1. The maximum Gasteiger partial charge on any atom is 0.287 e. The summed E-state index contributed by atoms with van der Waals surface area (Å²) in [7, 11) is 0. The lowest BCUT2D eigenvalue weighted by Gasteiger charge is -1.99. The number of carbonyl (C=O) groups excluding carboxylic acids is 1. The second-order valence-electron chi connectivity index (χ2n) is 5.67. The summed E-state index contributed by atoms with van der Waals surface area (Å²) in [5.41, 5.74) is 1.50. The topological polar surface area (TPSA) is 81.2 Å². The molecule has 0 aliphatic carbocycles. The fraction of sp³-hybridized carbons (Fsp3) is 0.105. The van der Waals surface area contributed by atoms with Crippen molar-refractivity contribution in [1.82, 2.24) is 15.5 Å². The van der Waals surface area contributed by atoms with Crippen molar-refractivity contribution < 1.29 is 13.7 Å². The first-order valence-electron chi connectivity index (χ1n) is 8.04. The van der Waals surface area contributed by atoms with E-state index in [4.69, 9.17) is 20.5 Å². The van der Waals surface area contributed by atoms with Gasteiger partial charge in [0.25, 0.3) is 5.91 Å². The zero-order chi connectivity index (χ0) is 17.9. The van der Waals surface area contributed by atoms with Gasteiger partial charge in [-0.1, -0.05) is 35.0 Å². The Morgan fingerprint density at radius 2 is 1.92 bits per heavy atom. The summed E-state index contributed by atoms with van der Waals surface area (Å²) < 4.78 is 10.7. The molecule has 4 aromatic rings. The van der Waals surface area contributed by atoms with Crippen molar-refractivity contribution in [2.24, 2.45) is 0 Å². The summed E-state index contributed by atoms with van der Waals surface area (Å²) in [4.78, 5) is 16.5. The molecule has 0 fully saturated rings. The molecule has 0 spiro atoms. The fourth-order valence-corrected chi connectivity index (χ4v) is 2.66. The van der Waals surface area contributed by atoms with Crippen molar-refractivity contribution in [3.05, 3.63) is 71.3 Å². The van der Waals surface area contributed by atoms with Crippen LogP contribution in [-0.4, -0.2) is 22.6 Å². The number of fused-ring (bicyclic) bond motifs is 1. The third kappa shape index (κ3) is 3.45. The Hall–Kier alpha value is -3.12. The van der Waals surface area contributed by atoms with Crippen LogP contribution in [0.5, 0.6) is 0 Å². The lowest BCUT2D eigenvalue weighted by molar-refractivity contribution is 0.0928. The predicted molar refractivity (Wildman–Crippen MR) is 97.0 cm³/mol. The summed E-state index contributed by atoms with van der Waals surface area (Å²) >= 11 is 5.87. The summed E-state index contributed by atoms with van der Waals surface area (Å²) in [6.45, 7) is 0.359. The van der Waals surface area contributed by atoms with Crippen molar-refractivity contribution in [3.63, 3.8) is 0 Å². The van der Waals surface area contributed by atoms with Crippen molar-refractivity contribution in [2.45, 2.75) is 6.42 Å². The number of nitrogens with zero attached hydrogens (tertiary/aromatic N) is 2. The van der Waals surface area contributed by atoms with Crippen molar-refractivity contribution >= 4 is 28.5 Å². The van der Waals surface area contributed by atoms with Crippen LogP contribution < -0.4 is 5.32 Å². The first kappa shape index (κ1) is 16.4. The van der Waals surface area contributed by atoms with Crippen LogP contribution >= 0.6 is 11.6 Å². The molecule has 0 radical (unpaired) electrons. The van der Waals surface area contributed by atoms with E-state index in [1.54, 1.807) is 18.2 Å². The van der Waals surface area contributed by atoms with E-state index in [1.165, 1.54) is 0 Å². The van der Waals surface area contributed by atoms with Gasteiger partial charge in [0.05, 0.1) is 0 Å². The molecule has 1 amide bonds. The number of nitrogens with one attached hydrogen (secondary N) is 1. The highest BCUT2D eigenvalue weighted by Gasteiger charge is 2.13. The van der Waals surface area contributed by atoms with Crippen LogP contribution in [-0.2, 0) is 6.42 Å². The molecule has 0 saturated heterocycles. The first-order chi connectivity index (χ1) is 12.7. The number of hydrogen-bond acceptors (Lipinski definition) is 5. The standard InChI is InChI=1S/C19H14ClN3O3/c20-14-7-5-12(6-8-14)18-22-17(26-23-18)9-10-21-19(24)16-11-13-3-1-2-4-15(13)25-16/h1-8,11H,9-10H2,(H,21,24). The predicted octanol–water partition coefficient (Wildman–Crippen LogP) is 4.11. The number of carbonyl (C=O) groups is 1. The minimum Gasteiger partial charge on any atom is -0.451 e. The third-order valence-corrected chi connectivity index (χ3v) is 4.10. The molecule has 0 bridgehead atoms. The van der Waals surface area contributed by atoms with E-state index in [9.17, 15) is 4.79 Å². The highest BCUT2D eigenvalue weighted by Crippen LogP contribution is 2.19. The van der Waals surface area contributed by atoms with Crippen LogP contribution in [0.1, 0.15) is 16.4 Å². The monoisotopic (exact) mass is 367 g/mol. The van der Waals surface area contributed by atoms with Gasteiger partial charge in [0.15, 0.2) is 5.76 Å². The van der Waals surface area contributed by atoms with Crippen LogP contribution in [0.15, 0.2) is 63.5 Å². The summed E-state index contributed by atoms with van der Waals surface area (Å²) in [6.07, 6.45) is 0.423. The molecular formula is C19H14ClN3O3. The molecular weight excluding hydrogens is 354 g/mol. The van der Waals surface area contributed by atoms with Gasteiger partial charge in [-0.15, -0.1) is 0 Å². The molecule has 6 nitrogen and oxygen atoms in total. The van der Waals surface area contributed by atoms with Gasteiger partial charge in [-0.3, -0.25) is 4.79 Å². The van der Waals surface area contributed by atoms with Gasteiger partial charge in [0, 0.05) is 28.9 Å². The Kier molecular flexibility index (Phi) is 4.41. The summed E-state index contributed by atoms with van der Waals surface area (Å²) in [5.74, 6) is 0.928. The number of halogens is 1. The Morgan fingerprint density at radius 1 is 1.12 bits per heavy atom. The molecule has 1 N–H and O–H groups in total. The van der Waals surface area contributed by atoms with E-state index in [2.05, 4.69) is 15.5 Å². The number of para-hydroxylation sites is 1. The smallest absolute Gasteiger partial charge is 0.287 e. The quantitative estimate of drug-likeness (QED) is 0.574. The van der Waals surface area contributed by atoms with Crippen molar-refractivity contribution in [1.29, 1.82) is 0 Å². The van der Waals surface area contributed by atoms with Gasteiger partial charge in [0.1, 0.15) is 5.58 Å². The van der Waals surface area contributed by atoms with E-state index in [0.717, 1.165) is 10.9 Å². The third-order valence-electron chi connectivity index (χ3n) is 3.84. The highest BCUT2D eigenvalue weighted by atomic mass is 35.5. The largest absolute Gasteiger partial charge is 0.451 e. The summed E-state index contributed by atoms with van der Waals surface area (Å²) in [5, 5.41) is 8.26. The molecule has 0 aliphatic heterocycles. The average Bonchev–Trinajstić information content (AvgIpc) is 3.29. The van der Waals surface area contributed by atoms with E-state index in [-0.39, 0.29) is 11.7 Å². The van der Waals surface area contributed by atoms with Crippen molar-refractivity contribution in [2.75, 3.05) is 6.54 Å². The first-order valence-corrected chi connectivity index (χ1v) is 8.42. The van der Waals surface area contributed by atoms with Crippen LogP contribution in [0.25, 0.3) is 22.4 Å². The fourth-order valence-electron chi connectivity index (χ4n) is 2.54. The van der Waals surface area contributed by atoms with Crippen LogP contribution in [0.2, 0.25) is 5.02 Å². The second kappa shape index (κ2) is 7.01. The van der Waals surface area contributed by atoms with E-state index >= 15 is 0 Å². The zero-order valence-electron chi connectivity index (χ0n) is 13.6. The molecule has 0 saturated carbocycles. The van der Waals surface area contributed by atoms with Gasteiger partial charge >= 0.3 is 0 Å². The van der Waals surface area contributed by atoms with E-state index in [0.29, 0.717) is 35.3 Å². The molecule has 26 heavy (non-hydrogen) atoms.